The Balaban J connectivity index is 0.000000162. The Morgan fingerprint density at radius 1 is 0.902 bits per heavy atom. The molecule has 1 N–H and O–H groups in total. The fourth-order valence-corrected chi connectivity index (χ4v) is 5.40. The van der Waals surface area contributed by atoms with Crippen molar-refractivity contribution in [3.8, 4) is 23.7 Å². The Hall–Kier alpha value is -2.61. The average Bonchev–Trinajstić information content (AvgIpc) is 3.71. The van der Waals surface area contributed by atoms with E-state index in [2.05, 4.69) is 39.0 Å². The molecular formula is C32H35Cl3N4O2. The quantitative estimate of drug-likeness (QED) is 0.267. The van der Waals surface area contributed by atoms with Gasteiger partial charge in [-0.3, -0.25) is 9.59 Å². The highest BCUT2D eigenvalue weighted by Crippen LogP contribution is 2.57. The van der Waals surface area contributed by atoms with Gasteiger partial charge >= 0.3 is 0 Å². The van der Waals surface area contributed by atoms with Crippen LogP contribution < -0.4 is 5.32 Å². The summed E-state index contributed by atoms with van der Waals surface area (Å²) in [6.07, 6.45) is 2.34. The molecule has 0 aromatic carbocycles. The molecule has 4 aliphatic rings. The largest absolute Gasteiger partial charge is 0.341 e. The van der Waals surface area contributed by atoms with Gasteiger partial charge in [-0.1, -0.05) is 74.9 Å². The second-order valence-corrected chi connectivity index (χ2v) is 12.9. The minimum Gasteiger partial charge on any atom is -0.341 e. The van der Waals surface area contributed by atoms with Gasteiger partial charge in [0.15, 0.2) is 0 Å². The number of fused-ring (bicyclic) bond motifs is 2. The number of rotatable bonds is 2. The highest BCUT2D eigenvalue weighted by Gasteiger charge is 2.60. The van der Waals surface area contributed by atoms with Crippen LogP contribution in [0.4, 0.5) is 0 Å². The van der Waals surface area contributed by atoms with Crippen LogP contribution in [0.15, 0.2) is 36.4 Å². The summed E-state index contributed by atoms with van der Waals surface area (Å²) in [5, 5.41) is 4.07. The van der Waals surface area contributed by atoms with Crippen molar-refractivity contribution >= 4 is 46.0 Å². The van der Waals surface area contributed by atoms with E-state index in [0.29, 0.717) is 21.9 Å². The fourth-order valence-electron chi connectivity index (χ4n) is 5.07. The highest BCUT2D eigenvalue weighted by atomic mass is 35.5. The second-order valence-electron chi connectivity index (χ2n) is 11.8. The average molecular weight is 614 g/mol. The molecule has 2 saturated carbocycles. The number of carbonyl (C=O) groups is 2. The van der Waals surface area contributed by atoms with E-state index in [1.807, 2.05) is 43.0 Å². The summed E-state index contributed by atoms with van der Waals surface area (Å²) in [5.74, 6) is 14.5. The van der Waals surface area contributed by atoms with Crippen molar-refractivity contribution < 1.29 is 9.59 Å². The number of hydrogen-bond acceptors (Lipinski definition) is 5. The van der Waals surface area contributed by atoms with Gasteiger partial charge in [0.2, 0.25) is 11.1 Å². The summed E-state index contributed by atoms with van der Waals surface area (Å²) in [5.41, 5.74) is 1.74. The molecule has 2 aromatic heterocycles. The second kappa shape index (κ2) is 13.1. The standard InChI is InChI=1S/C16H17ClN2O.C12H11ClN2.C4H7ClO/c1-11(2)15(20)19-9-12-8-16(12,10-19)7-6-13-4-3-5-14(17)18-13;13-11-3-1-2-10(15-11)4-5-12-6-9(12)7-14-8-12;1-3(2)4(5)6/h3-5,11-12H,8-10H2,1-2H3;1-3,9,14H,6-8H2;3H,1-2H3. The minimum atomic E-state index is -0.269. The van der Waals surface area contributed by atoms with Gasteiger partial charge in [-0.25, -0.2) is 9.97 Å². The van der Waals surface area contributed by atoms with Gasteiger partial charge in [0.1, 0.15) is 21.7 Å². The van der Waals surface area contributed by atoms with Crippen LogP contribution in [0.25, 0.3) is 0 Å². The smallest absolute Gasteiger partial charge is 0.225 e. The first-order valence-corrected chi connectivity index (χ1v) is 15.1. The van der Waals surface area contributed by atoms with Gasteiger partial charge in [0.05, 0.1) is 5.41 Å². The number of aromatic nitrogens is 2. The van der Waals surface area contributed by atoms with Crippen molar-refractivity contribution in [3.05, 3.63) is 58.1 Å². The van der Waals surface area contributed by atoms with E-state index < -0.39 is 0 Å². The molecule has 4 heterocycles. The van der Waals surface area contributed by atoms with Gasteiger partial charge < -0.3 is 10.2 Å². The molecule has 9 heteroatoms. The first kappa shape index (κ1) is 31.3. The minimum absolute atomic E-state index is 0.00848. The maximum absolute atomic E-state index is 12.0. The number of hydrogen-bond donors (Lipinski definition) is 1. The summed E-state index contributed by atoms with van der Waals surface area (Å²) in [6.45, 7) is 11.2. The van der Waals surface area contributed by atoms with Gasteiger partial charge in [-0.2, -0.15) is 0 Å². The van der Waals surface area contributed by atoms with Crippen LogP contribution in [0.5, 0.6) is 0 Å². The summed E-state index contributed by atoms with van der Waals surface area (Å²) >= 11 is 16.6. The lowest BCUT2D eigenvalue weighted by molar-refractivity contribution is -0.134. The molecule has 6 rings (SSSR count). The summed E-state index contributed by atoms with van der Waals surface area (Å²) in [6, 6.07) is 11.0. The van der Waals surface area contributed by atoms with Crippen LogP contribution in [0.2, 0.25) is 10.3 Å². The molecule has 41 heavy (non-hydrogen) atoms. The molecule has 216 valence electrons. The van der Waals surface area contributed by atoms with E-state index in [0.717, 1.165) is 44.2 Å². The van der Waals surface area contributed by atoms with Crippen LogP contribution in [0.1, 0.15) is 51.9 Å². The fraction of sp³-hybridized carbons (Fsp3) is 0.500. The molecule has 4 fully saturated rings. The Bertz CT molecular complexity index is 1420. The molecule has 2 saturated heterocycles. The predicted molar refractivity (Wildman–Crippen MR) is 163 cm³/mol. The Morgan fingerprint density at radius 2 is 1.44 bits per heavy atom. The van der Waals surface area contributed by atoms with Crippen molar-refractivity contribution in [1.29, 1.82) is 0 Å². The molecule has 0 bridgehead atoms. The topological polar surface area (TPSA) is 75.2 Å². The third-order valence-electron chi connectivity index (χ3n) is 7.78. The first-order valence-electron chi connectivity index (χ1n) is 13.9. The number of nitrogens with one attached hydrogen (secondary N) is 1. The Kier molecular flexibility index (Phi) is 10.0. The molecule has 4 unspecified atom stereocenters. The highest BCUT2D eigenvalue weighted by molar-refractivity contribution is 6.63. The zero-order valence-corrected chi connectivity index (χ0v) is 26.1. The predicted octanol–water partition coefficient (Wildman–Crippen LogP) is 5.69. The number of piperidine rings is 2. The van der Waals surface area contributed by atoms with Crippen molar-refractivity contribution in [2.75, 3.05) is 26.2 Å². The molecular weight excluding hydrogens is 579 g/mol. The molecule has 0 spiro atoms. The van der Waals surface area contributed by atoms with E-state index in [1.165, 1.54) is 6.42 Å². The van der Waals surface area contributed by atoms with E-state index in [1.54, 1.807) is 26.0 Å². The first-order chi connectivity index (χ1) is 19.4. The lowest BCUT2D eigenvalue weighted by Gasteiger charge is -2.21. The van der Waals surface area contributed by atoms with E-state index in [9.17, 15) is 9.59 Å². The van der Waals surface area contributed by atoms with E-state index in [4.69, 9.17) is 34.8 Å². The summed E-state index contributed by atoms with van der Waals surface area (Å²) < 4.78 is 0. The van der Waals surface area contributed by atoms with Crippen LogP contribution in [-0.4, -0.2) is 52.2 Å². The molecule has 1 amide bonds. The number of likely N-dealkylation sites (tertiary alicyclic amines) is 1. The van der Waals surface area contributed by atoms with Gasteiger partial charge in [0, 0.05) is 36.9 Å². The molecule has 2 aliphatic carbocycles. The Morgan fingerprint density at radius 3 is 1.88 bits per heavy atom. The van der Waals surface area contributed by atoms with E-state index in [-0.39, 0.29) is 33.8 Å². The normalized spacial score (nSPS) is 26.1. The van der Waals surface area contributed by atoms with Crippen molar-refractivity contribution in [2.24, 2.45) is 34.5 Å². The summed E-state index contributed by atoms with van der Waals surface area (Å²) in [7, 11) is 0. The molecule has 2 aliphatic heterocycles. The number of pyridine rings is 2. The molecule has 6 nitrogen and oxygen atoms in total. The van der Waals surface area contributed by atoms with Gasteiger partial charge in [0.25, 0.3) is 0 Å². The maximum Gasteiger partial charge on any atom is 0.225 e. The van der Waals surface area contributed by atoms with Crippen LogP contribution in [0, 0.1) is 58.2 Å². The summed E-state index contributed by atoms with van der Waals surface area (Å²) in [4.78, 5) is 32.2. The molecule has 0 radical (unpaired) electrons. The van der Waals surface area contributed by atoms with Crippen LogP contribution in [-0.2, 0) is 9.59 Å². The number of carbonyl (C=O) groups excluding carboxylic acids is 2. The lowest BCUT2D eigenvalue weighted by Crippen LogP contribution is -2.34. The molecule has 2 aromatic rings. The third-order valence-corrected chi connectivity index (χ3v) is 8.64. The SMILES string of the molecule is CC(C)C(=O)Cl.CC(C)C(=O)N1CC2CC2(C#Cc2cccc(Cl)n2)C1.Clc1cccc(C#CC23CNCC2C3)n1. The number of nitrogens with zero attached hydrogens (tertiary/aromatic N) is 3. The number of halogens is 3. The third kappa shape index (κ3) is 8.24. The maximum atomic E-state index is 12.0. The van der Waals surface area contributed by atoms with E-state index >= 15 is 0 Å². The zero-order valence-electron chi connectivity index (χ0n) is 23.8. The van der Waals surface area contributed by atoms with Gasteiger partial charge in [-0.15, -0.1) is 0 Å². The number of amides is 1. The zero-order chi connectivity index (χ0) is 29.8. The van der Waals surface area contributed by atoms with Crippen molar-refractivity contribution in [3.63, 3.8) is 0 Å². The Labute approximate surface area is 257 Å². The van der Waals surface area contributed by atoms with Crippen LogP contribution in [0.3, 0.4) is 0 Å². The molecule has 4 atom stereocenters. The van der Waals surface area contributed by atoms with Gasteiger partial charge in [-0.05, 0) is 78.9 Å². The van der Waals surface area contributed by atoms with Crippen LogP contribution >= 0.6 is 34.8 Å². The monoisotopic (exact) mass is 612 g/mol. The van der Waals surface area contributed by atoms with Crippen molar-refractivity contribution in [1.82, 2.24) is 20.2 Å². The van der Waals surface area contributed by atoms with Crippen molar-refractivity contribution in [2.45, 2.75) is 40.5 Å². The lowest BCUT2D eigenvalue weighted by atomic mass is 10.1.